The summed E-state index contributed by atoms with van der Waals surface area (Å²) < 4.78 is 1.17. The molecule has 0 amide bonds. The third-order valence-corrected chi connectivity index (χ3v) is 1.42. The largest absolute Gasteiger partial charge is 0.244 e. The van der Waals surface area contributed by atoms with Crippen LogP contribution in [0.1, 0.15) is 0 Å². The molecule has 0 aromatic carbocycles. The maximum absolute atomic E-state index is 5.55. The van der Waals surface area contributed by atoms with E-state index in [0.717, 1.165) is 0 Å². The Hall–Kier alpha value is -0.210. The maximum Gasteiger partial charge on any atom is 0.189 e. The topological polar surface area (TPSA) is 15.6 Å². The minimum absolute atomic E-state index is 0.311. The van der Waals surface area contributed by atoms with Crippen LogP contribution in [0.5, 0.6) is 0 Å². The maximum atomic E-state index is 5.55. The highest BCUT2D eigenvalue weighted by Gasteiger charge is 2.08. The smallest absolute Gasteiger partial charge is 0.189 e. The first-order valence-electron chi connectivity index (χ1n) is 2.02. The van der Waals surface area contributed by atoms with E-state index in [9.17, 15) is 0 Å². The second kappa shape index (κ2) is 2.37. The monoisotopic (exact) mass is 149 g/mol. The zero-order valence-electron chi connectivity index (χ0n) is 3.88. The molecule has 0 spiro atoms. The van der Waals surface area contributed by atoms with Gasteiger partial charge in [0.25, 0.3) is 0 Å². The molecular formula is C4H3Cl2N2. The van der Waals surface area contributed by atoms with Gasteiger partial charge in [0.2, 0.25) is 0 Å². The molecule has 1 rings (SSSR count). The van der Waals surface area contributed by atoms with Gasteiger partial charge < -0.3 is 0 Å². The van der Waals surface area contributed by atoms with Crippen LogP contribution in [0.15, 0.2) is 17.3 Å². The second-order valence-corrected chi connectivity index (χ2v) is 2.07. The third-order valence-electron chi connectivity index (χ3n) is 0.689. The Morgan fingerprint density at radius 2 is 2.50 bits per heavy atom. The van der Waals surface area contributed by atoms with E-state index in [1.54, 1.807) is 12.3 Å². The lowest BCUT2D eigenvalue weighted by molar-refractivity contribution is 0.691. The summed E-state index contributed by atoms with van der Waals surface area (Å²) in [6.45, 7) is 0. The number of hydrogen-bond donors (Lipinski definition) is 0. The van der Waals surface area contributed by atoms with E-state index >= 15 is 0 Å². The van der Waals surface area contributed by atoms with Crippen LogP contribution in [-0.4, -0.2) is 16.3 Å². The van der Waals surface area contributed by atoms with E-state index in [-0.39, 0.29) is 5.50 Å². The number of hydrogen-bond acceptors (Lipinski definition) is 2. The Morgan fingerprint density at radius 1 is 1.75 bits per heavy atom. The number of alkyl halides is 1. The highest BCUT2D eigenvalue weighted by Crippen LogP contribution is 2.09. The molecular weight excluding hydrogens is 147 g/mol. The summed E-state index contributed by atoms with van der Waals surface area (Å²) in [5, 5.41) is 0. The fourth-order valence-corrected chi connectivity index (χ4v) is 0.551. The SMILES string of the molecule is ClC1C=CN=[C]N1Cl. The first kappa shape index (κ1) is 5.92. The van der Waals surface area contributed by atoms with E-state index in [0.29, 0.717) is 0 Å². The molecule has 0 saturated carbocycles. The summed E-state index contributed by atoms with van der Waals surface area (Å²) in [6, 6.07) is 0. The van der Waals surface area contributed by atoms with Crippen LogP contribution in [0, 0.1) is 0 Å². The molecule has 0 fully saturated rings. The molecule has 0 aliphatic carbocycles. The quantitative estimate of drug-likeness (QED) is 0.289. The van der Waals surface area contributed by atoms with Gasteiger partial charge in [-0.05, 0) is 6.08 Å². The van der Waals surface area contributed by atoms with Crippen molar-refractivity contribution in [3.63, 3.8) is 0 Å². The summed E-state index contributed by atoms with van der Waals surface area (Å²) in [5.41, 5.74) is -0.311. The first-order valence-corrected chi connectivity index (χ1v) is 2.79. The van der Waals surface area contributed by atoms with Crippen molar-refractivity contribution in [3.8, 4) is 0 Å². The van der Waals surface area contributed by atoms with E-state index in [1.165, 1.54) is 4.42 Å². The number of halogens is 2. The lowest BCUT2D eigenvalue weighted by atomic mass is 10.5. The molecule has 0 saturated heterocycles. The van der Waals surface area contributed by atoms with Crippen LogP contribution in [0.4, 0.5) is 0 Å². The lowest BCUT2D eigenvalue weighted by Gasteiger charge is -2.12. The molecule has 1 unspecified atom stereocenters. The highest BCUT2D eigenvalue weighted by atomic mass is 35.5. The predicted molar refractivity (Wildman–Crippen MR) is 33.9 cm³/mol. The van der Waals surface area contributed by atoms with E-state index in [1.807, 2.05) is 0 Å². The average Bonchev–Trinajstić information content (AvgIpc) is 1.77. The van der Waals surface area contributed by atoms with Crippen LogP contribution < -0.4 is 0 Å². The van der Waals surface area contributed by atoms with Gasteiger partial charge in [-0.3, -0.25) is 0 Å². The molecule has 1 aliphatic rings. The molecule has 0 aromatic heterocycles. The zero-order chi connectivity index (χ0) is 5.98. The van der Waals surface area contributed by atoms with Crippen molar-refractivity contribution in [3.05, 3.63) is 12.3 Å². The van der Waals surface area contributed by atoms with Gasteiger partial charge in [-0.25, -0.2) is 9.41 Å². The van der Waals surface area contributed by atoms with Crippen molar-refractivity contribution < 1.29 is 0 Å². The zero-order valence-corrected chi connectivity index (χ0v) is 5.39. The Kier molecular flexibility index (Phi) is 1.76. The Bertz CT molecular complexity index is 116. The minimum atomic E-state index is -0.311. The summed E-state index contributed by atoms with van der Waals surface area (Å²) in [5.74, 6) is 0. The number of nitrogens with zero attached hydrogens (tertiary/aromatic N) is 2. The van der Waals surface area contributed by atoms with Crippen molar-refractivity contribution in [1.82, 2.24) is 4.42 Å². The molecule has 1 aliphatic heterocycles. The van der Waals surface area contributed by atoms with Gasteiger partial charge in [0, 0.05) is 18.0 Å². The molecule has 1 atom stereocenters. The Morgan fingerprint density at radius 3 is 2.88 bits per heavy atom. The van der Waals surface area contributed by atoms with Gasteiger partial charge in [-0.2, -0.15) is 0 Å². The molecule has 1 radical (unpaired) electrons. The summed E-state index contributed by atoms with van der Waals surface area (Å²) in [4.78, 5) is 3.59. The Labute approximate surface area is 57.5 Å². The van der Waals surface area contributed by atoms with Crippen LogP contribution in [0.25, 0.3) is 0 Å². The van der Waals surface area contributed by atoms with Crippen molar-refractivity contribution in [2.75, 3.05) is 0 Å². The van der Waals surface area contributed by atoms with Crippen LogP contribution in [0.2, 0.25) is 0 Å². The van der Waals surface area contributed by atoms with Gasteiger partial charge in [-0.1, -0.05) is 11.6 Å². The van der Waals surface area contributed by atoms with Crippen molar-refractivity contribution >= 4 is 29.7 Å². The lowest BCUT2D eigenvalue weighted by Crippen LogP contribution is -2.19. The van der Waals surface area contributed by atoms with Gasteiger partial charge in [0.05, 0.1) is 0 Å². The molecule has 8 heavy (non-hydrogen) atoms. The second-order valence-electron chi connectivity index (χ2n) is 1.25. The van der Waals surface area contributed by atoms with Gasteiger partial charge in [0.1, 0.15) is 5.50 Å². The van der Waals surface area contributed by atoms with Gasteiger partial charge >= 0.3 is 0 Å². The standard InChI is InChI=1S/C4H3Cl2N2/c5-4-1-2-7-3-8(4)6/h1-2,4H. The van der Waals surface area contributed by atoms with Crippen molar-refractivity contribution in [2.24, 2.45) is 4.99 Å². The molecule has 4 heteroatoms. The average molecular weight is 150 g/mol. The van der Waals surface area contributed by atoms with Gasteiger partial charge in [0.15, 0.2) is 6.34 Å². The van der Waals surface area contributed by atoms with E-state index in [4.69, 9.17) is 23.4 Å². The number of aliphatic imine (C=N–C) groups is 1. The molecule has 43 valence electrons. The van der Waals surface area contributed by atoms with Crippen LogP contribution in [0.3, 0.4) is 0 Å². The fraction of sp³-hybridized carbons (Fsp3) is 0.250. The normalized spacial score (nSPS) is 26.8. The van der Waals surface area contributed by atoms with Crippen LogP contribution >= 0.6 is 23.4 Å². The van der Waals surface area contributed by atoms with Crippen LogP contribution in [-0.2, 0) is 0 Å². The van der Waals surface area contributed by atoms with Crippen molar-refractivity contribution in [1.29, 1.82) is 0 Å². The molecule has 0 N–H and O–H groups in total. The highest BCUT2D eigenvalue weighted by molar-refractivity contribution is 6.29. The van der Waals surface area contributed by atoms with Gasteiger partial charge in [-0.15, -0.1) is 0 Å². The summed E-state index contributed by atoms with van der Waals surface area (Å²) >= 11 is 11.0. The summed E-state index contributed by atoms with van der Waals surface area (Å²) in [7, 11) is 0. The third kappa shape index (κ3) is 1.14. The predicted octanol–water partition coefficient (Wildman–Crippen LogP) is 1.44. The molecule has 0 bridgehead atoms. The number of rotatable bonds is 0. The first-order chi connectivity index (χ1) is 3.80. The summed E-state index contributed by atoms with van der Waals surface area (Å²) in [6.07, 6.45) is 5.65. The van der Waals surface area contributed by atoms with E-state index in [2.05, 4.69) is 11.3 Å². The fourth-order valence-electron chi connectivity index (χ4n) is 0.333. The molecule has 2 nitrogen and oxygen atoms in total. The molecule has 0 aromatic rings. The van der Waals surface area contributed by atoms with Crippen molar-refractivity contribution in [2.45, 2.75) is 5.50 Å². The minimum Gasteiger partial charge on any atom is -0.244 e. The Balaban J connectivity index is 2.59. The van der Waals surface area contributed by atoms with E-state index < -0.39 is 0 Å². The molecule has 1 heterocycles.